The van der Waals surface area contributed by atoms with Gasteiger partial charge < -0.3 is 5.11 Å². The molecule has 0 spiro atoms. The Labute approximate surface area is 220 Å². The summed E-state index contributed by atoms with van der Waals surface area (Å²) < 4.78 is 28.6. The summed E-state index contributed by atoms with van der Waals surface area (Å²) >= 11 is 20.2. The summed E-state index contributed by atoms with van der Waals surface area (Å²) in [5, 5.41) is 10.2. The molecular formula is C23H27Cl3N2O4S2. The molecule has 2 aromatic carbocycles. The maximum Gasteiger partial charge on any atom is 0.304 e. The smallest absolute Gasteiger partial charge is 0.304 e. The molecule has 6 nitrogen and oxygen atoms in total. The van der Waals surface area contributed by atoms with E-state index in [1.54, 1.807) is 42.1 Å². The van der Waals surface area contributed by atoms with Crippen molar-refractivity contribution in [3.8, 4) is 0 Å². The van der Waals surface area contributed by atoms with E-state index >= 15 is 0 Å². The van der Waals surface area contributed by atoms with Crippen LogP contribution in [-0.2, 0) is 14.8 Å². The van der Waals surface area contributed by atoms with E-state index in [9.17, 15) is 13.2 Å². The van der Waals surface area contributed by atoms with Gasteiger partial charge in [0.25, 0.3) is 10.0 Å². The lowest BCUT2D eigenvalue weighted by molar-refractivity contribution is -0.137. The van der Waals surface area contributed by atoms with Gasteiger partial charge in [0.1, 0.15) is 0 Å². The number of carbonyl (C=O) groups is 1. The maximum absolute atomic E-state index is 13.6. The second-order valence-electron chi connectivity index (χ2n) is 8.29. The van der Waals surface area contributed by atoms with Crippen molar-refractivity contribution in [2.75, 3.05) is 23.3 Å². The van der Waals surface area contributed by atoms with E-state index in [0.717, 1.165) is 31.8 Å². The fraction of sp³-hybridized carbons (Fsp3) is 0.435. The Morgan fingerprint density at radius 3 is 2.50 bits per heavy atom. The van der Waals surface area contributed by atoms with Crippen LogP contribution in [0.15, 0.2) is 47.4 Å². The Hall–Kier alpha value is -1.16. The molecule has 0 aromatic heterocycles. The molecule has 1 N–H and O–H groups in total. The summed E-state index contributed by atoms with van der Waals surface area (Å²) in [5.74, 6) is 0.0534. The molecule has 1 aliphatic heterocycles. The first-order chi connectivity index (χ1) is 16.1. The van der Waals surface area contributed by atoms with Gasteiger partial charge in [-0.3, -0.25) is 14.0 Å². The SMILES string of the molecule is CC(CCCCN1CSC(CC(=O)O)C1)N(c1cc(Cl)ccc1Cl)S(=O)(=O)c1ccc(Cl)cc1. The van der Waals surface area contributed by atoms with Gasteiger partial charge in [0.2, 0.25) is 0 Å². The lowest BCUT2D eigenvalue weighted by Gasteiger charge is -2.31. The van der Waals surface area contributed by atoms with Gasteiger partial charge in [-0.15, -0.1) is 11.8 Å². The van der Waals surface area contributed by atoms with Crippen LogP contribution in [0.4, 0.5) is 5.69 Å². The van der Waals surface area contributed by atoms with E-state index in [2.05, 4.69) is 4.90 Å². The first-order valence-electron chi connectivity index (χ1n) is 10.9. The van der Waals surface area contributed by atoms with E-state index in [1.807, 2.05) is 6.92 Å². The molecule has 2 atom stereocenters. The number of halogens is 3. The summed E-state index contributed by atoms with van der Waals surface area (Å²) in [6.07, 6.45) is 2.48. The van der Waals surface area contributed by atoms with Crippen molar-refractivity contribution in [3.63, 3.8) is 0 Å². The fourth-order valence-electron chi connectivity index (χ4n) is 3.95. The molecule has 1 heterocycles. The predicted octanol–water partition coefficient (Wildman–Crippen LogP) is 6.25. The Bertz CT molecular complexity index is 1100. The monoisotopic (exact) mass is 564 g/mol. The minimum Gasteiger partial charge on any atom is -0.481 e. The first-order valence-corrected chi connectivity index (χ1v) is 14.5. The first kappa shape index (κ1) is 27.4. The Kier molecular flexibility index (Phi) is 9.83. The minimum atomic E-state index is -3.92. The second-order valence-corrected chi connectivity index (χ2v) is 12.6. The van der Waals surface area contributed by atoms with E-state index in [1.165, 1.54) is 16.4 Å². The minimum absolute atomic E-state index is 0.123. The third kappa shape index (κ3) is 7.18. The lowest BCUT2D eigenvalue weighted by atomic mass is 10.1. The van der Waals surface area contributed by atoms with Gasteiger partial charge in [0.05, 0.1) is 22.0 Å². The number of benzene rings is 2. The predicted molar refractivity (Wildman–Crippen MR) is 141 cm³/mol. The molecule has 3 rings (SSSR count). The number of carboxylic acid groups (broad SMARTS) is 1. The molecule has 0 bridgehead atoms. The number of thioether (sulfide) groups is 1. The zero-order valence-electron chi connectivity index (χ0n) is 18.7. The van der Waals surface area contributed by atoms with E-state index in [4.69, 9.17) is 39.9 Å². The molecule has 11 heteroatoms. The van der Waals surface area contributed by atoms with Gasteiger partial charge in [0.15, 0.2) is 0 Å². The number of anilines is 1. The van der Waals surface area contributed by atoms with Crippen LogP contribution < -0.4 is 4.31 Å². The molecule has 1 aliphatic rings. The highest BCUT2D eigenvalue weighted by Crippen LogP contribution is 2.36. The molecule has 1 fully saturated rings. The highest BCUT2D eigenvalue weighted by molar-refractivity contribution is 8.00. The van der Waals surface area contributed by atoms with Crippen LogP contribution >= 0.6 is 46.6 Å². The second kappa shape index (κ2) is 12.2. The molecule has 34 heavy (non-hydrogen) atoms. The molecule has 0 amide bonds. The maximum atomic E-state index is 13.6. The van der Waals surface area contributed by atoms with Gasteiger partial charge >= 0.3 is 5.97 Å². The highest BCUT2D eigenvalue weighted by atomic mass is 35.5. The van der Waals surface area contributed by atoms with E-state index in [-0.39, 0.29) is 22.6 Å². The molecule has 1 saturated heterocycles. The topological polar surface area (TPSA) is 77.9 Å². The van der Waals surface area contributed by atoms with Gasteiger partial charge in [-0.2, -0.15) is 0 Å². The van der Waals surface area contributed by atoms with Crippen molar-refractivity contribution in [1.82, 2.24) is 4.90 Å². The summed E-state index contributed by atoms with van der Waals surface area (Å²) in [6.45, 7) is 3.47. The quantitative estimate of drug-likeness (QED) is 0.325. The molecule has 0 radical (unpaired) electrons. The number of rotatable bonds is 11. The molecular weight excluding hydrogens is 539 g/mol. The summed E-state index contributed by atoms with van der Waals surface area (Å²) in [7, 11) is -3.92. The number of aliphatic carboxylic acids is 1. The number of carboxylic acids is 1. The third-order valence-corrected chi connectivity index (χ3v) is 9.67. The normalized spacial score (nSPS) is 17.6. The average Bonchev–Trinajstić information content (AvgIpc) is 3.20. The average molecular weight is 566 g/mol. The molecule has 186 valence electrons. The Morgan fingerprint density at radius 2 is 1.82 bits per heavy atom. The molecule has 0 aliphatic carbocycles. The Morgan fingerprint density at radius 1 is 1.15 bits per heavy atom. The highest BCUT2D eigenvalue weighted by Gasteiger charge is 2.31. The molecule has 2 unspecified atom stereocenters. The van der Waals surface area contributed by atoms with Crippen molar-refractivity contribution in [2.24, 2.45) is 0 Å². The van der Waals surface area contributed by atoms with Gasteiger partial charge in [-0.05, 0) is 68.8 Å². The Balaban J connectivity index is 1.70. The standard InChI is InChI=1S/C23H27Cl3N2O4S2/c1-16(4-2-3-11-27-14-19(33-15-27)13-23(29)30)28(22-12-18(25)7-10-21(22)26)34(31,32)20-8-5-17(24)6-9-20/h5-10,12,16,19H,2-4,11,13-15H2,1H3,(H,29,30). The van der Waals surface area contributed by atoms with Crippen LogP contribution in [0.3, 0.4) is 0 Å². The van der Waals surface area contributed by atoms with Crippen LogP contribution in [0, 0.1) is 0 Å². The van der Waals surface area contributed by atoms with Crippen molar-refractivity contribution in [3.05, 3.63) is 57.5 Å². The summed E-state index contributed by atoms with van der Waals surface area (Å²) in [4.78, 5) is 13.3. The van der Waals surface area contributed by atoms with Gasteiger partial charge in [0, 0.05) is 33.8 Å². The van der Waals surface area contributed by atoms with Gasteiger partial charge in [-0.25, -0.2) is 8.42 Å². The molecule has 2 aromatic rings. The number of nitrogens with zero attached hydrogens (tertiary/aromatic N) is 2. The third-order valence-electron chi connectivity index (χ3n) is 5.62. The zero-order chi connectivity index (χ0) is 24.9. The summed E-state index contributed by atoms with van der Waals surface area (Å²) in [5.41, 5.74) is 0.337. The van der Waals surface area contributed by atoms with Gasteiger partial charge in [-0.1, -0.05) is 41.2 Å². The van der Waals surface area contributed by atoms with Crippen molar-refractivity contribution < 1.29 is 18.3 Å². The van der Waals surface area contributed by atoms with E-state index < -0.39 is 16.0 Å². The van der Waals surface area contributed by atoms with Crippen LogP contribution in [0.2, 0.25) is 15.1 Å². The number of sulfonamides is 1. The molecule has 0 saturated carbocycles. The van der Waals surface area contributed by atoms with Crippen molar-refractivity contribution in [2.45, 2.75) is 48.8 Å². The lowest BCUT2D eigenvalue weighted by Crippen LogP contribution is -2.39. The van der Waals surface area contributed by atoms with Crippen molar-refractivity contribution >= 4 is 68.2 Å². The largest absolute Gasteiger partial charge is 0.481 e. The van der Waals surface area contributed by atoms with Crippen LogP contribution in [0.25, 0.3) is 0 Å². The number of hydrogen-bond donors (Lipinski definition) is 1. The zero-order valence-corrected chi connectivity index (χ0v) is 22.6. The van der Waals surface area contributed by atoms with Crippen LogP contribution in [0.1, 0.15) is 32.6 Å². The summed E-state index contributed by atoms with van der Waals surface area (Å²) in [6, 6.07) is 10.5. The van der Waals surface area contributed by atoms with Crippen LogP contribution in [0.5, 0.6) is 0 Å². The number of unbranched alkanes of at least 4 members (excludes halogenated alkanes) is 1. The van der Waals surface area contributed by atoms with Crippen LogP contribution in [-0.4, -0.2) is 54.7 Å². The van der Waals surface area contributed by atoms with E-state index in [0.29, 0.717) is 27.2 Å². The van der Waals surface area contributed by atoms with Crippen molar-refractivity contribution in [1.29, 1.82) is 0 Å². The number of hydrogen-bond acceptors (Lipinski definition) is 5. The fourth-order valence-corrected chi connectivity index (χ4v) is 7.43.